The van der Waals surface area contributed by atoms with Crippen LogP contribution in [0.3, 0.4) is 0 Å². The molecule has 1 aliphatic carbocycles. The zero-order valence-electron chi connectivity index (χ0n) is 25.4. The molecule has 1 unspecified atom stereocenters. The number of nitrogens with zero attached hydrogens (tertiary/aromatic N) is 4. The standard InChI is InChI=1S/C41H28N4S/c1-25-24-42-22-21-29(25)28-19-20-34-32(23-28)30-13-6-7-15-33(30)41(34)35-16-8-9-18-37(35)46-38-31(14-10-17-36(38)41)40-44-26(2)43-39(45-40)27-11-4-3-5-12-27/h3-24H,1-2H3. The molecular weight excluding hydrogens is 581 g/mol. The Hall–Kier alpha value is -5.39. The number of rotatable bonds is 3. The minimum Gasteiger partial charge on any atom is -0.264 e. The van der Waals surface area contributed by atoms with Crippen molar-refractivity contribution in [1.82, 2.24) is 19.9 Å². The summed E-state index contributed by atoms with van der Waals surface area (Å²) >= 11 is 1.82. The van der Waals surface area contributed by atoms with E-state index in [9.17, 15) is 0 Å². The van der Waals surface area contributed by atoms with Crippen molar-refractivity contribution in [3.05, 3.63) is 167 Å². The summed E-state index contributed by atoms with van der Waals surface area (Å²) in [5.41, 5.74) is 12.8. The van der Waals surface area contributed by atoms with Crippen molar-refractivity contribution in [2.24, 2.45) is 0 Å². The zero-order chi connectivity index (χ0) is 30.8. The van der Waals surface area contributed by atoms with Crippen LogP contribution >= 0.6 is 11.8 Å². The van der Waals surface area contributed by atoms with Gasteiger partial charge in [-0.1, -0.05) is 115 Å². The van der Waals surface area contributed by atoms with Gasteiger partial charge in [0, 0.05) is 33.3 Å². The summed E-state index contributed by atoms with van der Waals surface area (Å²) in [6.07, 6.45) is 3.82. The third-order valence-corrected chi connectivity index (χ3v) is 10.5. The molecule has 46 heavy (non-hydrogen) atoms. The second-order valence-electron chi connectivity index (χ2n) is 11.9. The quantitative estimate of drug-likeness (QED) is 0.200. The number of aryl methyl sites for hydroxylation is 2. The van der Waals surface area contributed by atoms with Crippen molar-refractivity contribution in [1.29, 1.82) is 0 Å². The molecule has 1 spiro atoms. The fraction of sp³-hybridized carbons (Fsp3) is 0.0732. The smallest absolute Gasteiger partial charge is 0.164 e. The third kappa shape index (κ3) is 3.88. The van der Waals surface area contributed by atoms with Crippen LogP contribution in [0.25, 0.3) is 45.0 Å². The van der Waals surface area contributed by atoms with E-state index < -0.39 is 5.41 Å². The van der Waals surface area contributed by atoms with Crippen molar-refractivity contribution in [2.75, 3.05) is 0 Å². The topological polar surface area (TPSA) is 51.6 Å². The minimum atomic E-state index is -0.491. The van der Waals surface area contributed by atoms with Gasteiger partial charge in [-0.2, -0.15) is 0 Å². The molecule has 5 heteroatoms. The van der Waals surface area contributed by atoms with Crippen LogP contribution in [0.2, 0.25) is 0 Å². The molecule has 1 aliphatic heterocycles. The van der Waals surface area contributed by atoms with Gasteiger partial charge in [0.15, 0.2) is 11.6 Å². The van der Waals surface area contributed by atoms with Crippen LogP contribution in [0, 0.1) is 13.8 Å². The van der Waals surface area contributed by atoms with E-state index in [0.29, 0.717) is 17.5 Å². The van der Waals surface area contributed by atoms with Crippen molar-refractivity contribution < 1.29 is 0 Å². The van der Waals surface area contributed by atoms with Gasteiger partial charge in [-0.15, -0.1) is 0 Å². The second-order valence-corrected chi connectivity index (χ2v) is 13.0. The molecule has 5 aromatic carbocycles. The SMILES string of the molecule is Cc1nc(-c2ccccc2)nc(-c2cccc3c2Sc2ccccc2C32c3ccccc3-c3cc(-c4ccncc4C)ccc32)n1. The van der Waals surface area contributed by atoms with Crippen LogP contribution in [-0.4, -0.2) is 19.9 Å². The minimum absolute atomic E-state index is 0.491. The van der Waals surface area contributed by atoms with Crippen molar-refractivity contribution in [3.63, 3.8) is 0 Å². The highest BCUT2D eigenvalue weighted by Gasteiger charge is 2.50. The summed E-state index contributed by atoms with van der Waals surface area (Å²) in [6.45, 7) is 4.08. The van der Waals surface area contributed by atoms with Gasteiger partial charge < -0.3 is 0 Å². The van der Waals surface area contributed by atoms with E-state index in [4.69, 9.17) is 15.0 Å². The maximum atomic E-state index is 5.05. The number of aromatic nitrogens is 4. The van der Waals surface area contributed by atoms with E-state index in [1.54, 1.807) is 0 Å². The largest absolute Gasteiger partial charge is 0.264 e. The first-order valence-electron chi connectivity index (χ1n) is 15.5. The number of hydrogen-bond acceptors (Lipinski definition) is 5. The Morgan fingerprint density at radius 1 is 0.522 bits per heavy atom. The molecule has 0 saturated heterocycles. The highest BCUT2D eigenvalue weighted by molar-refractivity contribution is 7.99. The van der Waals surface area contributed by atoms with Crippen LogP contribution in [0.5, 0.6) is 0 Å². The van der Waals surface area contributed by atoms with Crippen LogP contribution in [-0.2, 0) is 5.41 Å². The Morgan fingerprint density at radius 2 is 1.24 bits per heavy atom. The molecule has 3 heterocycles. The first-order chi connectivity index (χ1) is 22.6. The van der Waals surface area contributed by atoms with E-state index >= 15 is 0 Å². The first-order valence-corrected chi connectivity index (χ1v) is 16.3. The summed E-state index contributed by atoms with van der Waals surface area (Å²) in [5, 5.41) is 0. The van der Waals surface area contributed by atoms with Gasteiger partial charge in [0.1, 0.15) is 5.82 Å². The maximum absolute atomic E-state index is 5.05. The third-order valence-electron chi connectivity index (χ3n) is 9.32. The Balaban J connectivity index is 1.33. The molecule has 0 radical (unpaired) electrons. The molecule has 0 saturated carbocycles. The molecular formula is C41H28N4S. The van der Waals surface area contributed by atoms with Crippen LogP contribution < -0.4 is 0 Å². The van der Waals surface area contributed by atoms with Crippen LogP contribution in [0.1, 0.15) is 33.6 Å². The molecule has 0 amide bonds. The summed E-state index contributed by atoms with van der Waals surface area (Å²) in [5.74, 6) is 2.08. The lowest BCUT2D eigenvalue weighted by Crippen LogP contribution is -2.32. The number of benzene rings is 5. The molecule has 9 rings (SSSR count). The first kappa shape index (κ1) is 27.0. The summed E-state index contributed by atoms with van der Waals surface area (Å²) in [7, 11) is 0. The van der Waals surface area contributed by atoms with E-state index in [-0.39, 0.29) is 0 Å². The van der Waals surface area contributed by atoms with Gasteiger partial charge in [-0.05, 0) is 82.1 Å². The molecule has 2 aliphatic rings. The summed E-state index contributed by atoms with van der Waals surface area (Å²) in [6, 6.07) is 43.7. The van der Waals surface area contributed by atoms with Crippen LogP contribution in [0.15, 0.2) is 144 Å². The van der Waals surface area contributed by atoms with E-state index in [1.807, 2.05) is 61.4 Å². The molecule has 7 aromatic rings. The van der Waals surface area contributed by atoms with E-state index in [1.165, 1.54) is 59.9 Å². The number of hydrogen-bond donors (Lipinski definition) is 0. The molecule has 4 nitrogen and oxygen atoms in total. The maximum Gasteiger partial charge on any atom is 0.164 e. The molecule has 218 valence electrons. The average Bonchev–Trinajstić information content (AvgIpc) is 3.38. The fourth-order valence-electron chi connectivity index (χ4n) is 7.39. The van der Waals surface area contributed by atoms with Gasteiger partial charge in [0.05, 0.1) is 5.41 Å². The van der Waals surface area contributed by atoms with Crippen molar-refractivity contribution >= 4 is 11.8 Å². The normalized spacial score (nSPS) is 15.6. The molecule has 1 atom stereocenters. The van der Waals surface area contributed by atoms with E-state index in [2.05, 4.69) is 103 Å². The average molecular weight is 609 g/mol. The highest BCUT2D eigenvalue weighted by atomic mass is 32.2. The van der Waals surface area contributed by atoms with Crippen LogP contribution in [0.4, 0.5) is 0 Å². The van der Waals surface area contributed by atoms with Gasteiger partial charge in [0.25, 0.3) is 0 Å². The van der Waals surface area contributed by atoms with Gasteiger partial charge >= 0.3 is 0 Å². The Labute approximate surface area is 272 Å². The Morgan fingerprint density at radius 3 is 2.11 bits per heavy atom. The number of pyridine rings is 1. The molecule has 0 bridgehead atoms. The predicted octanol–water partition coefficient (Wildman–Crippen LogP) is 9.71. The highest BCUT2D eigenvalue weighted by Crippen LogP contribution is 2.63. The van der Waals surface area contributed by atoms with Crippen molar-refractivity contribution in [2.45, 2.75) is 29.1 Å². The number of fused-ring (bicyclic) bond motifs is 9. The lowest BCUT2D eigenvalue weighted by Gasteiger charge is -2.40. The van der Waals surface area contributed by atoms with Gasteiger partial charge in [-0.25, -0.2) is 15.0 Å². The molecule has 2 aromatic heterocycles. The monoisotopic (exact) mass is 608 g/mol. The van der Waals surface area contributed by atoms with Crippen molar-refractivity contribution in [3.8, 4) is 45.0 Å². The lowest BCUT2D eigenvalue weighted by molar-refractivity contribution is 0.722. The summed E-state index contributed by atoms with van der Waals surface area (Å²) in [4.78, 5) is 21.4. The zero-order valence-corrected chi connectivity index (χ0v) is 26.2. The fourth-order valence-corrected chi connectivity index (χ4v) is 8.68. The van der Waals surface area contributed by atoms with Gasteiger partial charge in [-0.3, -0.25) is 4.98 Å². The Bertz CT molecular complexity index is 2330. The Kier molecular flexibility index (Phi) is 6.05. The van der Waals surface area contributed by atoms with E-state index in [0.717, 1.165) is 11.1 Å². The predicted molar refractivity (Wildman–Crippen MR) is 185 cm³/mol. The second kappa shape index (κ2) is 10.3. The molecule has 0 N–H and O–H groups in total. The summed E-state index contributed by atoms with van der Waals surface area (Å²) < 4.78 is 0. The molecule has 0 fully saturated rings. The van der Waals surface area contributed by atoms with Gasteiger partial charge in [0.2, 0.25) is 0 Å². The lowest BCUT2D eigenvalue weighted by atomic mass is 9.67.